The third kappa shape index (κ3) is 3.06. The fourth-order valence-corrected chi connectivity index (χ4v) is 1.33. The van der Waals surface area contributed by atoms with Crippen LogP contribution in [0.4, 0.5) is 0 Å². The van der Waals surface area contributed by atoms with Crippen LogP contribution in [0.5, 0.6) is 5.75 Å². The molecule has 0 atom stereocenters. The lowest BCUT2D eigenvalue weighted by Crippen LogP contribution is -1.85. The van der Waals surface area contributed by atoms with E-state index >= 15 is 0 Å². The first kappa shape index (κ1) is 10.0. The van der Waals surface area contributed by atoms with Crippen LogP contribution in [-0.2, 0) is 4.79 Å². The molecule has 0 bridgehead atoms. The standard InChI is InChI=1S/C9H7IO3/c10-7-5-6(1-3-8(7)11)2-4-9(12)13/h1-5,11H,(H,12,13). The van der Waals surface area contributed by atoms with Gasteiger partial charge in [0.1, 0.15) is 5.75 Å². The zero-order chi connectivity index (χ0) is 9.84. The van der Waals surface area contributed by atoms with E-state index < -0.39 is 5.97 Å². The normalized spacial score (nSPS) is 10.5. The van der Waals surface area contributed by atoms with Gasteiger partial charge in [-0.25, -0.2) is 4.79 Å². The fraction of sp³-hybridized carbons (Fsp3) is 0. The van der Waals surface area contributed by atoms with Crippen molar-refractivity contribution in [2.75, 3.05) is 0 Å². The minimum absolute atomic E-state index is 0.202. The molecule has 0 heterocycles. The minimum atomic E-state index is -0.983. The number of phenolic OH excluding ortho intramolecular Hbond substituents is 1. The number of aliphatic carboxylic acids is 1. The molecule has 1 aromatic carbocycles. The van der Waals surface area contributed by atoms with Crippen LogP contribution in [0.1, 0.15) is 5.56 Å². The molecule has 0 spiro atoms. The second-order valence-corrected chi connectivity index (χ2v) is 3.54. The van der Waals surface area contributed by atoms with Crippen molar-refractivity contribution in [3.63, 3.8) is 0 Å². The predicted octanol–water partition coefficient (Wildman–Crippen LogP) is 2.09. The number of rotatable bonds is 2. The molecule has 0 aliphatic carbocycles. The molecule has 0 amide bonds. The van der Waals surface area contributed by atoms with Crippen molar-refractivity contribution in [1.82, 2.24) is 0 Å². The molecule has 2 N–H and O–H groups in total. The van der Waals surface area contributed by atoms with Crippen molar-refractivity contribution in [1.29, 1.82) is 0 Å². The first-order chi connectivity index (χ1) is 6.09. The molecule has 13 heavy (non-hydrogen) atoms. The van der Waals surface area contributed by atoms with Gasteiger partial charge in [0.2, 0.25) is 0 Å². The van der Waals surface area contributed by atoms with Gasteiger partial charge in [-0.3, -0.25) is 0 Å². The number of hydrogen-bond acceptors (Lipinski definition) is 2. The summed E-state index contributed by atoms with van der Waals surface area (Å²) >= 11 is 1.98. The monoisotopic (exact) mass is 290 g/mol. The van der Waals surface area contributed by atoms with Crippen LogP contribution in [0.25, 0.3) is 6.08 Å². The summed E-state index contributed by atoms with van der Waals surface area (Å²) in [5.41, 5.74) is 0.754. The van der Waals surface area contributed by atoms with Crippen molar-refractivity contribution < 1.29 is 15.0 Å². The highest BCUT2D eigenvalue weighted by Crippen LogP contribution is 2.20. The van der Waals surface area contributed by atoms with Crippen LogP contribution in [0.3, 0.4) is 0 Å². The number of phenols is 1. The molecule has 0 aromatic heterocycles. The van der Waals surface area contributed by atoms with Crippen molar-refractivity contribution >= 4 is 34.6 Å². The Balaban J connectivity index is 2.92. The molecule has 0 unspecified atom stereocenters. The molecule has 4 heteroatoms. The maximum atomic E-state index is 10.2. The molecule has 1 aromatic rings. The fourth-order valence-electron chi connectivity index (χ4n) is 0.794. The second kappa shape index (κ2) is 4.27. The summed E-state index contributed by atoms with van der Waals surface area (Å²) in [5.74, 6) is -0.781. The SMILES string of the molecule is O=C(O)C=Cc1ccc(O)c(I)c1. The Morgan fingerprint density at radius 3 is 2.69 bits per heavy atom. The molecule has 1 rings (SSSR count). The zero-order valence-corrected chi connectivity index (χ0v) is 8.72. The topological polar surface area (TPSA) is 57.5 Å². The lowest BCUT2D eigenvalue weighted by atomic mass is 10.2. The largest absolute Gasteiger partial charge is 0.507 e. The number of carboxylic acid groups (broad SMARTS) is 1. The summed E-state index contributed by atoms with van der Waals surface area (Å²) < 4.78 is 0.699. The third-order valence-corrected chi connectivity index (χ3v) is 2.25. The van der Waals surface area contributed by atoms with E-state index in [4.69, 9.17) is 5.11 Å². The summed E-state index contributed by atoms with van der Waals surface area (Å²) in [6, 6.07) is 4.88. The Morgan fingerprint density at radius 1 is 1.46 bits per heavy atom. The Kier molecular flexibility index (Phi) is 3.30. The first-order valence-electron chi connectivity index (χ1n) is 3.49. The van der Waals surface area contributed by atoms with E-state index in [-0.39, 0.29) is 5.75 Å². The summed E-state index contributed by atoms with van der Waals surface area (Å²) in [5, 5.41) is 17.5. The number of halogens is 1. The van der Waals surface area contributed by atoms with E-state index in [9.17, 15) is 9.90 Å². The molecule has 0 radical (unpaired) electrons. The van der Waals surface area contributed by atoms with E-state index in [0.29, 0.717) is 3.57 Å². The smallest absolute Gasteiger partial charge is 0.328 e. The average Bonchev–Trinajstić information content (AvgIpc) is 2.07. The van der Waals surface area contributed by atoms with Gasteiger partial charge in [0, 0.05) is 6.08 Å². The van der Waals surface area contributed by atoms with Crippen LogP contribution in [0.2, 0.25) is 0 Å². The summed E-state index contributed by atoms with van der Waals surface area (Å²) in [4.78, 5) is 10.2. The van der Waals surface area contributed by atoms with Crippen LogP contribution < -0.4 is 0 Å². The van der Waals surface area contributed by atoms with Gasteiger partial charge in [0.15, 0.2) is 0 Å². The van der Waals surface area contributed by atoms with Crippen LogP contribution in [0.15, 0.2) is 24.3 Å². The van der Waals surface area contributed by atoms with Crippen LogP contribution >= 0.6 is 22.6 Å². The van der Waals surface area contributed by atoms with Crippen molar-refractivity contribution in [3.05, 3.63) is 33.4 Å². The van der Waals surface area contributed by atoms with Gasteiger partial charge in [0.25, 0.3) is 0 Å². The Labute approximate surface area is 88.8 Å². The predicted molar refractivity (Wildman–Crippen MR) is 57.5 cm³/mol. The lowest BCUT2D eigenvalue weighted by Gasteiger charge is -1.97. The van der Waals surface area contributed by atoms with Gasteiger partial charge in [-0.05, 0) is 46.4 Å². The number of benzene rings is 1. The summed E-state index contributed by atoms with van der Waals surface area (Å²) in [6.07, 6.45) is 2.53. The molecule has 0 aliphatic rings. The van der Waals surface area contributed by atoms with Crippen molar-refractivity contribution in [2.24, 2.45) is 0 Å². The highest BCUT2D eigenvalue weighted by Gasteiger charge is 1.96. The molecule has 68 valence electrons. The first-order valence-corrected chi connectivity index (χ1v) is 4.57. The zero-order valence-electron chi connectivity index (χ0n) is 6.57. The van der Waals surface area contributed by atoms with E-state index in [2.05, 4.69) is 0 Å². The van der Waals surface area contributed by atoms with Gasteiger partial charge in [0.05, 0.1) is 3.57 Å². The van der Waals surface area contributed by atoms with Gasteiger partial charge in [-0.2, -0.15) is 0 Å². The third-order valence-electron chi connectivity index (χ3n) is 1.39. The van der Waals surface area contributed by atoms with E-state index in [1.54, 1.807) is 12.1 Å². The van der Waals surface area contributed by atoms with Crippen molar-refractivity contribution in [3.8, 4) is 5.75 Å². The van der Waals surface area contributed by atoms with Crippen LogP contribution in [-0.4, -0.2) is 16.2 Å². The van der Waals surface area contributed by atoms with Crippen LogP contribution in [0, 0.1) is 3.57 Å². The number of carboxylic acids is 1. The number of aromatic hydroxyl groups is 1. The maximum absolute atomic E-state index is 10.2. The molecule has 0 saturated heterocycles. The Bertz CT molecular complexity index is 358. The summed E-state index contributed by atoms with van der Waals surface area (Å²) in [7, 11) is 0. The van der Waals surface area contributed by atoms with Gasteiger partial charge >= 0.3 is 5.97 Å². The Hall–Kier alpha value is -1.04. The molecular formula is C9H7IO3. The number of carbonyl (C=O) groups is 1. The van der Waals surface area contributed by atoms with Gasteiger partial charge in [-0.1, -0.05) is 6.07 Å². The quantitative estimate of drug-likeness (QED) is 0.647. The Morgan fingerprint density at radius 2 is 2.15 bits per heavy atom. The molecule has 0 fully saturated rings. The molecule has 3 nitrogen and oxygen atoms in total. The molecule has 0 saturated carbocycles. The van der Waals surface area contributed by atoms with E-state index in [0.717, 1.165) is 11.6 Å². The molecule has 0 aliphatic heterocycles. The van der Waals surface area contributed by atoms with Gasteiger partial charge in [-0.15, -0.1) is 0 Å². The second-order valence-electron chi connectivity index (χ2n) is 2.38. The van der Waals surface area contributed by atoms with E-state index in [1.807, 2.05) is 22.6 Å². The molecular weight excluding hydrogens is 283 g/mol. The minimum Gasteiger partial charge on any atom is -0.507 e. The highest BCUT2D eigenvalue weighted by atomic mass is 127. The maximum Gasteiger partial charge on any atom is 0.328 e. The van der Waals surface area contributed by atoms with E-state index in [1.165, 1.54) is 12.1 Å². The highest BCUT2D eigenvalue weighted by molar-refractivity contribution is 14.1. The lowest BCUT2D eigenvalue weighted by molar-refractivity contribution is -0.131. The van der Waals surface area contributed by atoms with Crippen molar-refractivity contribution in [2.45, 2.75) is 0 Å². The number of hydrogen-bond donors (Lipinski definition) is 2. The average molecular weight is 290 g/mol. The summed E-state index contributed by atoms with van der Waals surface area (Å²) in [6.45, 7) is 0. The van der Waals surface area contributed by atoms with Gasteiger partial charge < -0.3 is 10.2 Å².